The Bertz CT molecular complexity index is 352. The maximum atomic E-state index is 9.43. The molecular formula is C11H20N4O. The number of nitrogens with one attached hydrogen (secondary N) is 1. The predicted molar refractivity (Wildman–Crippen MR) is 60.7 cm³/mol. The summed E-state index contributed by atoms with van der Waals surface area (Å²) in [5.74, 6) is 0.937. The van der Waals surface area contributed by atoms with E-state index in [1.807, 2.05) is 7.05 Å². The van der Waals surface area contributed by atoms with Crippen LogP contribution in [0.25, 0.3) is 0 Å². The van der Waals surface area contributed by atoms with E-state index in [2.05, 4.69) is 22.3 Å². The average molecular weight is 224 g/mol. The van der Waals surface area contributed by atoms with E-state index in [0.717, 1.165) is 25.2 Å². The van der Waals surface area contributed by atoms with Crippen molar-refractivity contribution in [3.05, 3.63) is 12.2 Å². The summed E-state index contributed by atoms with van der Waals surface area (Å²) in [6.45, 7) is 3.12. The average Bonchev–Trinajstić information content (AvgIpc) is 2.83. The minimum Gasteiger partial charge on any atom is -0.396 e. The minimum atomic E-state index is 0.0264. The quantitative estimate of drug-likeness (QED) is 0.779. The predicted octanol–water partition coefficient (Wildman–Crippen LogP) is 0.456. The van der Waals surface area contributed by atoms with Crippen LogP contribution in [0.15, 0.2) is 6.33 Å². The van der Waals surface area contributed by atoms with Crippen LogP contribution >= 0.6 is 0 Å². The molecule has 1 aromatic rings. The summed E-state index contributed by atoms with van der Waals surface area (Å²) in [5, 5.41) is 17.0. The number of nitrogens with zero attached hydrogens (tertiary/aromatic N) is 3. The first-order valence-corrected chi connectivity index (χ1v) is 5.83. The zero-order chi connectivity index (χ0) is 11.6. The molecule has 1 aliphatic carbocycles. The van der Waals surface area contributed by atoms with Gasteiger partial charge in [0.05, 0.1) is 6.54 Å². The van der Waals surface area contributed by atoms with E-state index in [1.54, 1.807) is 11.0 Å². The van der Waals surface area contributed by atoms with Crippen LogP contribution in [0, 0.1) is 5.41 Å². The number of hydrogen-bond acceptors (Lipinski definition) is 4. The van der Waals surface area contributed by atoms with Gasteiger partial charge in [-0.15, -0.1) is 0 Å². The SMILES string of the molecule is Cn1ncnc1CN[C@H]1CCC[C@@]1(C)CO. The zero-order valence-corrected chi connectivity index (χ0v) is 9.98. The molecule has 5 nitrogen and oxygen atoms in total. The third kappa shape index (κ3) is 2.10. The summed E-state index contributed by atoms with van der Waals surface area (Å²) in [6.07, 6.45) is 4.99. The van der Waals surface area contributed by atoms with E-state index >= 15 is 0 Å². The molecule has 0 saturated heterocycles. The number of aryl methyl sites for hydroxylation is 1. The fourth-order valence-electron chi connectivity index (χ4n) is 2.47. The molecule has 1 aromatic heterocycles. The third-order valence-electron chi connectivity index (χ3n) is 3.75. The Kier molecular flexibility index (Phi) is 3.25. The molecule has 90 valence electrons. The highest BCUT2D eigenvalue weighted by Crippen LogP contribution is 2.37. The maximum absolute atomic E-state index is 9.43. The molecule has 1 aliphatic rings. The van der Waals surface area contributed by atoms with Gasteiger partial charge in [-0.05, 0) is 12.8 Å². The lowest BCUT2D eigenvalue weighted by Crippen LogP contribution is -2.41. The number of rotatable bonds is 4. The molecule has 2 N–H and O–H groups in total. The summed E-state index contributed by atoms with van der Waals surface area (Å²) in [5.41, 5.74) is 0.0264. The molecule has 0 aromatic carbocycles. The van der Waals surface area contributed by atoms with Gasteiger partial charge in [0.1, 0.15) is 12.2 Å². The van der Waals surface area contributed by atoms with Crippen molar-refractivity contribution in [1.29, 1.82) is 0 Å². The monoisotopic (exact) mass is 224 g/mol. The van der Waals surface area contributed by atoms with Crippen LogP contribution in [0.5, 0.6) is 0 Å². The van der Waals surface area contributed by atoms with Gasteiger partial charge in [-0.1, -0.05) is 13.3 Å². The van der Waals surface area contributed by atoms with Crippen molar-refractivity contribution < 1.29 is 5.11 Å². The van der Waals surface area contributed by atoms with Crippen LogP contribution < -0.4 is 5.32 Å². The summed E-state index contributed by atoms with van der Waals surface area (Å²) < 4.78 is 1.78. The molecule has 0 aliphatic heterocycles. The largest absolute Gasteiger partial charge is 0.396 e. The van der Waals surface area contributed by atoms with Gasteiger partial charge < -0.3 is 10.4 Å². The van der Waals surface area contributed by atoms with E-state index in [0.29, 0.717) is 6.04 Å². The fourth-order valence-corrected chi connectivity index (χ4v) is 2.47. The summed E-state index contributed by atoms with van der Waals surface area (Å²) in [4.78, 5) is 4.18. The van der Waals surface area contributed by atoms with Gasteiger partial charge in [-0.25, -0.2) is 4.98 Å². The highest BCUT2D eigenvalue weighted by molar-refractivity contribution is 4.94. The molecule has 0 radical (unpaired) electrons. The van der Waals surface area contributed by atoms with Crippen molar-refractivity contribution in [1.82, 2.24) is 20.1 Å². The molecular weight excluding hydrogens is 204 g/mol. The summed E-state index contributed by atoms with van der Waals surface area (Å²) in [7, 11) is 1.89. The molecule has 16 heavy (non-hydrogen) atoms. The van der Waals surface area contributed by atoms with Gasteiger partial charge in [0.25, 0.3) is 0 Å². The van der Waals surface area contributed by atoms with Crippen molar-refractivity contribution in [2.24, 2.45) is 12.5 Å². The summed E-state index contributed by atoms with van der Waals surface area (Å²) in [6, 6.07) is 0.384. The Morgan fingerprint density at radius 2 is 2.50 bits per heavy atom. The highest BCUT2D eigenvalue weighted by Gasteiger charge is 2.37. The summed E-state index contributed by atoms with van der Waals surface area (Å²) >= 11 is 0. The van der Waals surface area contributed by atoms with Gasteiger partial charge in [0.2, 0.25) is 0 Å². The second-order valence-electron chi connectivity index (χ2n) is 4.94. The molecule has 0 unspecified atom stereocenters. The van der Waals surface area contributed by atoms with Crippen molar-refractivity contribution in [3.8, 4) is 0 Å². The first-order valence-electron chi connectivity index (χ1n) is 5.83. The van der Waals surface area contributed by atoms with E-state index in [9.17, 15) is 5.11 Å². The molecule has 0 spiro atoms. The highest BCUT2D eigenvalue weighted by atomic mass is 16.3. The Labute approximate surface area is 95.9 Å². The Balaban J connectivity index is 1.93. The van der Waals surface area contributed by atoms with Crippen LogP contribution in [0.2, 0.25) is 0 Å². The lowest BCUT2D eigenvalue weighted by Gasteiger charge is -2.30. The fraction of sp³-hybridized carbons (Fsp3) is 0.818. The zero-order valence-electron chi connectivity index (χ0n) is 9.98. The lowest BCUT2D eigenvalue weighted by atomic mass is 9.86. The molecule has 0 bridgehead atoms. The van der Waals surface area contributed by atoms with Crippen molar-refractivity contribution >= 4 is 0 Å². The molecule has 1 heterocycles. The number of aliphatic hydroxyl groups is 1. The normalized spacial score (nSPS) is 29.8. The van der Waals surface area contributed by atoms with Gasteiger partial charge in [0, 0.05) is 25.1 Å². The second-order valence-corrected chi connectivity index (χ2v) is 4.94. The van der Waals surface area contributed by atoms with Crippen LogP contribution in [0.3, 0.4) is 0 Å². The van der Waals surface area contributed by atoms with Crippen LogP contribution in [-0.2, 0) is 13.6 Å². The molecule has 0 amide bonds. The molecule has 1 saturated carbocycles. The van der Waals surface area contributed by atoms with E-state index in [1.165, 1.54) is 6.42 Å². The number of aliphatic hydroxyl groups excluding tert-OH is 1. The smallest absolute Gasteiger partial charge is 0.140 e. The lowest BCUT2D eigenvalue weighted by molar-refractivity contribution is 0.118. The van der Waals surface area contributed by atoms with E-state index < -0.39 is 0 Å². The van der Waals surface area contributed by atoms with Crippen LogP contribution in [0.1, 0.15) is 32.0 Å². The van der Waals surface area contributed by atoms with Crippen molar-refractivity contribution in [2.75, 3.05) is 6.61 Å². The van der Waals surface area contributed by atoms with E-state index in [4.69, 9.17) is 0 Å². The van der Waals surface area contributed by atoms with Gasteiger partial charge in [0.15, 0.2) is 0 Å². The topological polar surface area (TPSA) is 63.0 Å². The van der Waals surface area contributed by atoms with Gasteiger partial charge >= 0.3 is 0 Å². The Morgan fingerprint density at radius 3 is 3.12 bits per heavy atom. The molecule has 5 heteroatoms. The third-order valence-corrected chi connectivity index (χ3v) is 3.75. The van der Waals surface area contributed by atoms with Crippen molar-refractivity contribution in [3.63, 3.8) is 0 Å². The maximum Gasteiger partial charge on any atom is 0.140 e. The minimum absolute atomic E-state index is 0.0264. The van der Waals surface area contributed by atoms with Crippen molar-refractivity contribution in [2.45, 2.75) is 38.8 Å². The first kappa shape index (κ1) is 11.5. The first-order chi connectivity index (χ1) is 7.65. The number of aromatic nitrogens is 3. The second kappa shape index (κ2) is 4.51. The molecule has 2 atom stereocenters. The van der Waals surface area contributed by atoms with Gasteiger partial charge in [-0.2, -0.15) is 5.10 Å². The molecule has 2 rings (SSSR count). The van der Waals surface area contributed by atoms with Gasteiger partial charge in [-0.3, -0.25) is 4.68 Å². The molecule has 1 fully saturated rings. The standard InChI is InChI=1S/C11H20N4O/c1-11(7-16)5-3-4-9(11)12-6-10-13-8-14-15(10)2/h8-9,12,16H,3-7H2,1-2H3/t9-,11-/m0/s1. The Morgan fingerprint density at radius 1 is 1.69 bits per heavy atom. The Hall–Kier alpha value is -0.940. The number of hydrogen-bond donors (Lipinski definition) is 2. The van der Waals surface area contributed by atoms with Crippen LogP contribution in [-0.4, -0.2) is 32.5 Å². The van der Waals surface area contributed by atoms with E-state index in [-0.39, 0.29) is 12.0 Å². The van der Waals surface area contributed by atoms with Crippen LogP contribution in [0.4, 0.5) is 0 Å².